The molecule has 0 aliphatic rings. The Kier molecular flexibility index (Phi) is 5.08. The van der Waals surface area contributed by atoms with Gasteiger partial charge in [-0.1, -0.05) is 70.5 Å². The van der Waals surface area contributed by atoms with Crippen LogP contribution in [-0.2, 0) is 0 Å². The number of hydrogen-bond donors (Lipinski definition) is 2. The number of hydrogen-bond acceptors (Lipinski definition) is 2. The number of H-pyrrole nitrogens is 1. The van der Waals surface area contributed by atoms with Crippen LogP contribution >= 0.6 is 15.9 Å². The number of benzene rings is 3. The number of aryl methyl sites for hydroxylation is 1. The van der Waals surface area contributed by atoms with Gasteiger partial charge in [-0.2, -0.15) is 5.10 Å². The summed E-state index contributed by atoms with van der Waals surface area (Å²) >= 11 is 3.42. The molecule has 0 atom stereocenters. The Labute approximate surface area is 171 Å². The fourth-order valence-electron chi connectivity index (χ4n) is 3.08. The van der Waals surface area contributed by atoms with Crippen LogP contribution in [0.2, 0.25) is 0 Å². The van der Waals surface area contributed by atoms with Crippen LogP contribution in [0.4, 0.5) is 0 Å². The van der Waals surface area contributed by atoms with E-state index in [0.717, 1.165) is 32.2 Å². The molecule has 0 radical (unpaired) electrons. The number of carbonyl (C=O) groups is 1. The Hall–Kier alpha value is -3.18. The van der Waals surface area contributed by atoms with Gasteiger partial charge in [-0.05, 0) is 36.8 Å². The number of nitrogens with one attached hydrogen (secondary N) is 2. The third-order valence-corrected chi connectivity index (χ3v) is 5.04. The summed E-state index contributed by atoms with van der Waals surface area (Å²) in [6.45, 7) is 1.90. The Morgan fingerprint density at radius 3 is 2.50 bits per heavy atom. The Morgan fingerprint density at radius 1 is 0.964 bits per heavy atom. The molecular formula is C23H18BrN3O. The lowest BCUT2D eigenvalue weighted by atomic mass is 10.1. The van der Waals surface area contributed by atoms with E-state index < -0.39 is 0 Å². The van der Waals surface area contributed by atoms with Crippen molar-refractivity contribution in [3.63, 3.8) is 0 Å². The van der Waals surface area contributed by atoms with Crippen molar-refractivity contribution in [3.8, 4) is 0 Å². The zero-order valence-electron chi connectivity index (χ0n) is 15.2. The summed E-state index contributed by atoms with van der Waals surface area (Å²) in [4.78, 5) is 16.1. The first-order valence-corrected chi connectivity index (χ1v) is 9.69. The quantitative estimate of drug-likeness (QED) is 0.328. The highest BCUT2D eigenvalue weighted by molar-refractivity contribution is 9.10. The number of carbonyl (C=O) groups excluding carboxylic acids is 1. The predicted molar refractivity (Wildman–Crippen MR) is 117 cm³/mol. The molecule has 4 aromatic rings. The van der Waals surface area contributed by atoms with Crippen molar-refractivity contribution in [1.29, 1.82) is 0 Å². The summed E-state index contributed by atoms with van der Waals surface area (Å²) in [6.07, 6.45) is 0. The molecule has 4 nitrogen and oxygen atoms in total. The van der Waals surface area contributed by atoms with Crippen LogP contribution in [-0.4, -0.2) is 16.6 Å². The van der Waals surface area contributed by atoms with E-state index in [9.17, 15) is 4.79 Å². The van der Waals surface area contributed by atoms with Crippen molar-refractivity contribution in [2.24, 2.45) is 5.10 Å². The molecule has 0 unspecified atom stereocenters. The van der Waals surface area contributed by atoms with Crippen LogP contribution in [0.25, 0.3) is 10.9 Å². The van der Waals surface area contributed by atoms with Crippen LogP contribution in [0.3, 0.4) is 0 Å². The fourth-order valence-corrected chi connectivity index (χ4v) is 3.44. The van der Waals surface area contributed by atoms with Crippen molar-refractivity contribution in [3.05, 3.63) is 106 Å². The van der Waals surface area contributed by atoms with Crippen LogP contribution < -0.4 is 5.43 Å². The van der Waals surface area contributed by atoms with E-state index in [-0.39, 0.29) is 5.91 Å². The van der Waals surface area contributed by atoms with E-state index in [0.29, 0.717) is 11.3 Å². The van der Waals surface area contributed by atoms with Crippen LogP contribution in [0.15, 0.2) is 88.4 Å². The van der Waals surface area contributed by atoms with E-state index in [2.05, 4.69) is 31.4 Å². The molecule has 3 aromatic carbocycles. The van der Waals surface area contributed by atoms with Crippen molar-refractivity contribution in [2.75, 3.05) is 0 Å². The van der Waals surface area contributed by atoms with E-state index >= 15 is 0 Å². The molecule has 1 heterocycles. The molecule has 2 N–H and O–H groups in total. The molecule has 0 aliphatic heterocycles. The molecule has 5 heteroatoms. The van der Waals surface area contributed by atoms with Gasteiger partial charge in [0.2, 0.25) is 0 Å². The topological polar surface area (TPSA) is 57.2 Å². The Balaban J connectivity index is 1.73. The minimum atomic E-state index is -0.247. The van der Waals surface area contributed by atoms with E-state index in [4.69, 9.17) is 0 Å². The molecule has 0 saturated carbocycles. The molecule has 28 heavy (non-hydrogen) atoms. The van der Waals surface area contributed by atoms with Crippen LogP contribution in [0.5, 0.6) is 0 Å². The summed E-state index contributed by atoms with van der Waals surface area (Å²) in [6, 6.07) is 25.5. The first kappa shape index (κ1) is 18.2. The van der Waals surface area contributed by atoms with Crippen molar-refractivity contribution in [2.45, 2.75) is 6.92 Å². The number of hydrazone groups is 1. The number of para-hydroxylation sites is 1. The summed E-state index contributed by atoms with van der Waals surface area (Å²) in [7, 11) is 0. The number of fused-ring (bicyclic) bond motifs is 1. The maximum absolute atomic E-state index is 12.7. The highest BCUT2D eigenvalue weighted by Gasteiger charge is 2.13. The standard InChI is InChI=1S/C23H18BrN3O/c1-15-11-12-18(24)14-19(15)23(28)27-26-22(16-7-3-2-4-8-16)21-13-17-9-5-6-10-20(17)25-21/h2-14,25H,1H3,(H,27,28). The van der Waals surface area contributed by atoms with Gasteiger partial charge >= 0.3 is 0 Å². The lowest BCUT2D eigenvalue weighted by Crippen LogP contribution is -2.21. The van der Waals surface area contributed by atoms with Gasteiger partial charge in [0, 0.05) is 26.5 Å². The number of aromatic amines is 1. The van der Waals surface area contributed by atoms with E-state index in [1.165, 1.54) is 0 Å². The molecule has 1 amide bonds. The molecule has 0 saturated heterocycles. The molecule has 0 fully saturated rings. The normalized spacial score (nSPS) is 11.6. The second-order valence-electron chi connectivity index (χ2n) is 6.50. The maximum atomic E-state index is 12.7. The summed E-state index contributed by atoms with van der Waals surface area (Å²) in [5.41, 5.74) is 7.66. The zero-order chi connectivity index (χ0) is 19.5. The Bertz CT molecular complexity index is 1150. The number of aromatic nitrogens is 1. The Morgan fingerprint density at radius 2 is 1.71 bits per heavy atom. The first-order chi connectivity index (χ1) is 13.6. The average molecular weight is 432 g/mol. The third kappa shape index (κ3) is 3.75. The van der Waals surface area contributed by atoms with Crippen molar-refractivity contribution >= 4 is 38.5 Å². The molecule has 1 aromatic heterocycles. The van der Waals surface area contributed by atoms with Gasteiger partial charge < -0.3 is 4.98 Å². The molecule has 0 bridgehead atoms. The fraction of sp³-hybridized carbons (Fsp3) is 0.0435. The largest absolute Gasteiger partial charge is 0.353 e. The number of halogens is 1. The summed E-state index contributed by atoms with van der Waals surface area (Å²) < 4.78 is 0.853. The van der Waals surface area contributed by atoms with E-state index in [1.807, 2.05) is 79.7 Å². The molecular weight excluding hydrogens is 414 g/mol. The molecule has 138 valence electrons. The maximum Gasteiger partial charge on any atom is 0.271 e. The SMILES string of the molecule is Cc1ccc(Br)cc1C(=O)NN=C(c1ccccc1)c1cc2ccccc2[nH]1. The third-order valence-electron chi connectivity index (χ3n) is 4.55. The second kappa shape index (κ2) is 7.82. The highest BCUT2D eigenvalue weighted by atomic mass is 79.9. The van der Waals surface area contributed by atoms with E-state index in [1.54, 1.807) is 6.07 Å². The second-order valence-corrected chi connectivity index (χ2v) is 7.41. The van der Waals surface area contributed by atoms with Crippen molar-refractivity contribution in [1.82, 2.24) is 10.4 Å². The zero-order valence-corrected chi connectivity index (χ0v) is 16.8. The predicted octanol–water partition coefficient (Wildman–Crippen LogP) is 5.42. The molecule has 0 aliphatic carbocycles. The van der Waals surface area contributed by atoms with Gasteiger partial charge in [0.1, 0.15) is 5.71 Å². The first-order valence-electron chi connectivity index (χ1n) is 8.89. The monoisotopic (exact) mass is 431 g/mol. The molecule has 0 spiro atoms. The number of amides is 1. The van der Waals surface area contributed by atoms with Crippen molar-refractivity contribution < 1.29 is 4.79 Å². The minimum Gasteiger partial charge on any atom is -0.353 e. The number of nitrogens with zero attached hydrogens (tertiary/aromatic N) is 1. The van der Waals surface area contributed by atoms with Gasteiger partial charge in [0.25, 0.3) is 5.91 Å². The van der Waals surface area contributed by atoms with Gasteiger partial charge in [-0.15, -0.1) is 0 Å². The lowest BCUT2D eigenvalue weighted by molar-refractivity contribution is 0.0954. The number of rotatable bonds is 4. The summed E-state index contributed by atoms with van der Waals surface area (Å²) in [5.74, 6) is -0.247. The van der Waals surface area contributed by atoms with Crippen LogP contribution in [0.1, 0.15) is 27.2 Å². The van der Waals surface area contributed by atoms with Crippen LogP contribution in [0, 0.1) is 6.92 Å². The van der Waals surface area contributed by atoms with Gasteiger partial charge in [-0.25, -0.2) is 5.43 Å². The summed E-state index contributed by atoms with van der Waals surface area (Å²) in [5, 5.41) is 5.57. The highest BCUT2D eigenvalue weighted by Crippen LogP contribution is 2.19. The molecule has 4 rings (SSSR count). The van der Waals surface area contributed by atoms with Gasteiger partial charge in [-0.3, -0.25) is 4.79 Å². The average Bonchev–Trinajstić information content (AvgIpc) is 3.14. The smallest absolute Gasteiger partial charge is 0.271 e. The minimum absolute atomic E-state index is 0.247. The van der Waals surface area contributed by atoms with Gasteiger partial charge in [0.15, 0.2) is 0 Å². The lowest BCUT2D eigenvalue weighted by Gasteiger charge is -2.08. The van der Waals surface area contributed by atoms with Gasteiger partial charge in [0.05, 0.1) is 5.69 Å².